The van der Waals surface area contributed by atoms with Gasteiger partial charge in [0.25, 0.3) is 5.91 Å². The van der Waals surface area contributed by atoms with Crippen molar-refractivity contribution < 1.29 is 14.4 Å². The van der Waals surface area contributed by atoms with Crippen molar-refractivity contribution in [1.82, 2.24) is 10.3 Å². The Morgan fingerprint density at radius 1 is 1.19 bits per heavy atom. The Balaban J connectivity index is 1.26. The molecule has 27 heavy (non-hydrogen) atoms. The molecule has 1 amide bonds. The Hall–Kier alpha value is -2.47. The van der Waals surface area contributed by atoms with E-state index in [4.69, 9.17) is 9.57 Å². The number of benzene rings is 1. The van der Waals surface area contributed by atoms with E-state index in [2.05, 4.69) is 15.5 Å². The second-order valence-electron chi connectivity index (χ2n) is 7.25. The summed E-state index contributed by atoms with van der Waals surface area (Å²) in [6.45, 7) is 0.931. The second kappa shape index (κ2) is 8.48. The minimum Gasteiger partial charge on any atom is -0.390 e. The van der Waals surface area contributed by atoms with Gasteiger partial charge in [0.15, 0.2) is 6.10 Å². The monoisotopic (exact) mass is 367 g/mol. The molecule has 1 atom stereocenters. The van der Waals surface area contributed by atoms with Crippen LogP contribution in [0.1, 0.15) is 49.0 Å². The lowest BCUT2D eigenvalue weighted by Gasteiger charge is -2.23. The summed E-state index contributed by atoms with van der Waals surface area (Å²) in [5.74, 6) is -0.198. The van der Waals surface area contributed by atoms with Crippen LogP contribution in [0.3, 0.4) is 0 Å². The number of oxime groups is 1. The lowest BCUT2D eigenvalue weighted by molar-refractivity contribution is -0.0409. The maximum atomic E-state index is 12.5. The number of rotatable bonds is 6. The summed E-state index contributed by atoms with van der Waals surface area (Å²) < 4.78 is 5.96. The first-order valence-electron chi connectivity index (χ1n) is 9.75. The Morgan fingerprint density at radius 2 is 2.04 bits per heavy atom. The fourth-order valence-electron chi connectivity index (χ4n) is 3.72. The van der Waals surface area contributed by atoms with Gasteiger partial charge in [0, 0.05) is 18.0 Å². The molecule has 6 nitrogen and oxygen atoms in total. The molecule has 1 aliphatic heterocycles. The minimum atomic E-state index is -0.198. The summed E-state index contributed by atoms with van der Waals surface area (Å²) in [6, 6.07) is 9.64. The highest BCUT2D eigenvalue weighted by Crippen LogP contribution is 2.22. The highest BCUT2D eigenvalue weighted by molar-refractivity contribution is 6.06. The molecule has 2 heterocycles. The number of hydrogen-bond acceptors (Lipinski definition) is 5. The van der Waals surface area contributed by atoms with Crippen LogP contribution in [-0.4, -0.2) is 42.0 Å². The Morgan fingerprint density at radius 3 is 2.93 bits per heavy atom. The molecule has 1 unspecified atom stereocenters. The van der Waals surface area contributed by atoms with Gasteiger partial charge in [0.1, 0.15) is 5.69 Å². The maximum Gasteiger partial charge on any atom is 0.270 e. The lowest BCUT2D eigenvalue weighted by Crippen LogP contribution is -2.31. The number of amides is 1. The molecule has 4 rings (SSSR count). The first-order chi connectivity index (χ1) is 13.3. The zero-order valence-corrected chi connectivity index (χ0v) is 15.4. The highest BCUT2D eigenvalue weighted by Gasteiger charge is 2.24. The fourth-order valence-corrected chi connectivity index (χ4v) is 3.72. The van der Waals surface area contributed by atoms with Crippen LogP contribution in [0, 0.1) is 0 Å². The summed E-state index contributed by atoms with van der Waals surface area (Å²) in [5.41, 5.74) is 1.27. The summed E-state index contributed by atoms with van der Waals surface area (Å²) in [4.78, 5) is 22.2. The average molecular weight is 367 g/mol. The van der Waals surface area contributed by atoms with Crippen molar-refractivity contribution in [2.75, 3.05) is 13.2 Å². The largest absolute Gasteiger partial charge is 0.390 e. The molecule has 142 valence electrons. The molecule has 1 N–H and O–H groups in total. The molecule has 2 aromatic rings. The van der Waals surface area contributed by atoms with E-state index in [1.807, 2.05) is 30.3 Å². The van der Waals surface area contributed by atoms with Crippen LogP contribution in [0.25, 0.3) is 10.8 Å². The van der Waals surface area contributed by atoms with E-state index in [-0.39, 0.29) is 12.0 Å². The van der Waals surface area contributed by atoms with E-state index in [0.29, 0.717) is 31.4 Å². The number of hydrogen-bond donors (Lipinski definition) is 1. The van der Waals surface area contributed by atoms with Crippen molar-refractivity contribution in [3.05, 3.63) is 42.2 Å². The standard InChI is InChI=1S/C21H25N3O3/c25-21(20-19-9-5-4-6-15(19)10-11-22-20)23-13-16-12-18(27-24-16)14-26-17-7-2-1-3-8-17/h4-6,9-11,17-18H,1-3,7-8,12-14H2,(H,23,25). The van der Waals surface area contributed by atoms with Crippen LogP contribution in [0.4, 0.5) is 0 Å². The van der Waals surface area contributed by atoms with Crippen molar-refractivity contribution in [2.24, 2.45) is 5.16 Å². The number of carbonyl (C=O) groups excluding carboxylic acids is 1. The van der Waals surface area contributed by atoms with E-state index in [9.17, 15) is 4.79 Å². The third kappa shape index (κ3) is 4.45. The molecule has 0 bridgehead atoms. The zero-order chi connectivity index (χ0) is 18.5. The number of ether oxygens (including phenoxy) is 1. The molecular formula is C21H25N3O3. The summed E-state index contributed by atoms with van der Waals surface area (Å²) in [7, 11) is 0. The maximum absolute atomic E-state index is 12.5. The number of nitrogens with zero attached hydrogens (tertiary/aromatic N) is 2. The molecule has 1 aromatic heterocycles. The van der Waals surface area contributed by atoms with Crippen LogP contribution in [0.2, 0.25) is 0 Å². The third-order valence-corrected chi connectivity index (χ3v) is 5.21. The smallest absolute Gasteiger partial charge is 0.270 e. The number of carbonyl (C=O) groups is 1. The number of fused-ring (bicyclic) bond motifs is 1. The van der Waals surface area contributed by atoms with Crippen molar-refractivity contribution >= 4 is 22.4 Å². The number of nitrogens with one attached hydrogen (secondary N) is 1. The van der Waals surface area contributed by atoms with E-state index in [1.54, 1.807) is 6.20 Å². The van der Waals surface area contributed by atoms with Gasteiger partial charge >= 0.3 is 0 Å². The molecule has 1 aromatic carbocycles. The van der Waals surface area contributed by atoms with Gasteiger partial charge in [0.05, 0.1) is 25.0 Å². The van der Waals surface area contributed by atoms with E-state index in [1.165, 1.54) is 19.3 Å². The van der Waals surface area contributed by atoms with Gasteiger partial charge < -0.3 is 14.9 Å². The van der Waals surface area contributed by atoms with Gasteiger partial charge in [-0.25, -0.2) is 0 Å². The van der Waals surface area contributed by atoms with Crippen molar-refractivity contribution in [2.45, 2.75) is 50.7 Å². The quantitative estimate of drug-likeness (QED) is 0.849. The van der Waals surface area contributed by atoms with Gasteiger partial charge in [-0.1, -0.05) is 48.7 Å². The van der Waals surface area contributed by atoms with Crippen LogP contribution >= 0.6 is 0 Å². The Bertz CT molecular complexity index is 825. The summed E-state index contributed by atoms with van der Waals surface area (Å²) in [6.07, 6.45) is 8.79. The molecule has 1 fully saturated rings. The fraction of sp³-hybridized carbons (Fsp3) is 0.476. The predicted octanol–water partition coefficient (Wildman–Crippen LogP) is 3.46. The van der Waals surface area contributed by atoms with Gasteiger partial charge in [-0.15, -0.1) is 0 Å². The molecule has 0 radical (unpaired) electrons. The van der Waals surface area contributed by atoms with Gasteiger partial charge in [0.2, 0.25) is 0 Å². The topological polar surface area (TPSA) is 72.8 Å². The zero-order valence-electron chi connectivity index (χ0n) is 15.4. The second-order valence-corrected chi connectivity index (χ2v) is 7.25. The lowest BCUT2D eigenvalue weighted by atomic mass is 9.98. The molecule has 0 spiro atoms. The molecular weight excluding hydrogens is 342 g/mol. The number of pyridine rings is 1. The molecule has 2 aliphatic rings. The van der Waals surface area contributed by atoms with Gasteiger partial charge in [-0.3, -0.25) is 9.78 Å². The summed E-state index contributed by atoms with van der Waals surface area (Å²) >= 11 is 0. The molecule has 6 heteroatoms. The summed E-state index contributed by atoms with van der Waals surface area (Å²) in [5, 5.41) is 8.86. The predicted molar refractivity (Wildman–Crippen MR) is 104 cm³/mol. The molecule has 1 aliphatic carbocycles. The van der Waals surface area contributed by atoms with Crippen molar-refractivity contribution in [3.8, 4) is 0 Å². The van der Waals surface area contributed by atoms with E-state index >= 15 is 0 Å². The third-order valence-electron chi connectivity index (χ3n) is 5.21. The Labute approximate surface area is 158 Å². The normalized spacial score (nSPS) is 20.3. The van der Waals surface area contributed by atoms with Crippen LogP contribution in [0.5, 0.6) is 0 Å². The van der Waals surface area contributed by atoms with Gasteiger partial charge in [-0.05, 0) is 24.3 Å². The number of aromatic nitrogens is 1. The van der Waals surface area contributed by atoms with Crippen molar-refractivity contribution in [3.63, 3.8) is 0 Å². The minimum absolute atomic E-state index is 0.0468. The molecule has 1 saturated carbocycles. The average Bonchev–Trinajstić information content (AvgIpc) is 3.19. The first kappa shape index (κ1) is 17.9. The van der Waals surface area contributed by atoms with E-state index in [0.717, 1.165) is 29.3 Å². The van der Waals surface area contributed by atoms with Gasteiger partial charge in [-0.2, -0.15) is 0 Å². The molecule has 0 saturated heterocycles. The highest BCUT2D eigenvalue weighted by atomic mass is 16.7. The van der Waals surface area contributed by atoms with Crippen LogP contribution in [-0.2, 0) is 9.57 Å². The van der Waals surface area contributed by atoms with Crippen LogP contribution < -0.4 is 5.32 Å². The van der Waals surface area contributed by atoms with E-state index < -0.39 is 0 Å². The van der Waals surface area contributed by atoms with Crippen LogP contribution in [0.15, 0.2) is 41.7 Å². The first-order valence-corrected chi connectivity index (χ1v) is 9.75. The van der Waals surface area contributed by atoms with Crippen molar-refractivity contribution in [1.29, 1.82) is 0 Å². The SMILES string of the molecule is O=C(NCC1=NOC(COC2CCCCC2)C1)c1nccc2ccccc12. The Kier molecular flexibility index (Phi) is 5.63.